The molecule has 0 saturated heterocycles. The van der Waals surface area contributed by atoms with E-state index in [0.29, 0.717) is 31.2 Å². The van der Waals surface area contributed by atoms with Crippen LogP contribution in [0.25, 0.3) is 0 Å². The first-order valence-corrected chi connectivity index (χ1v) is 10.4. The van der Waals surface area contributed by atoms with Crippen molar-refractivity contribution in [2.75, 3.05) is 0 Å². The van der Waals surface area contributed by atoms with Gasteiger partial charge in [-0.15, -0.1) is 0 Å². The van der Waals surface area contributed by atoms with Crippen molar-refractivity contribution in [1.82, 2.24) is 10.6 Å². The Morgan fingerprint density at radius 3 is 1.30 bits per heavy atom. The first kappa shape index (κ1) is 22.4. The maximum Gasteiger partial charge on any atom is 0.251 e. The van der Waals surface area contributed by atoms with Gasteiger partial charge < -0.3 is 10.6 Å². The van der Waals surface area contributed by atoms with Crippen molar-refractivity contribution in [1.29, 1.82) is 0 Å². The van der Waals surface area contributed by atoms with Crippen LogP contribution in [0.3, 0.4) is 0 Å². The number of hydrogen-bond acceptors (Lipinski definition) is 2. The fraction of sp³-hybridized carbons (Fsp3) is 0.0909. The first-order valence-electron chi connectivity index (χ1n) is 8.88. The zero-order chi connectivity index (χ0) is 21.7. The third kappa shape index (κ3) is 5.89. The van der Waals surface area contributed by atoms with Crippen molar-refractivity contribution in [3.63, 3.8) is 0 Å². The number of carbonyl (C=O) groups excluding carboxylic acids is 2. The molecule has 0 atom stereocenters. The predicted molar refractivity (Wildman–Crippen MR) is 122 cm³/mol. The lowest BCUT2D eigenvalue weighted by Gasteiger charge is -2.09. The summed E-state index contributed by atoms with van der Waals surface area (Å²) in [7, 11) is 0. The zero-order valence-corrected chi connectivity index (χ0v) is 18.5. The number of rotatable bonds is 6. The number of amides is 2. The van der Waals surface area contributed by atoms with Crippen molar-refractivity contribution in [2.24, 2.45) is 0 Å². The minimum Gasteiger partial charge on any atom is -0.348 e. The molecule has 2 N–H and O–H groups in total. The number of halogens is 4. The van der Waals surface area contributed by atoms with E-state index in [-0.39, 0.29) is 24.9 Å². The van der Waals surface area contributed by atoms with Gasteiger partial charge in [0.15, 0.2) is 0 Å². The van der Waals surface area contributed by atoms with Crippen molar-refractivity contribution >= 4 is 58.2 Å². The highest BCUT2D eigenvalue weighted by Gasteiger charge is 2.11. The van der Waals surface area contributed by atoms with Gasteiger partial charge in [0.1, 0.15) is 0 Å². The normalized spacial score (nSPS) is 10.5. The quantitative estimate of drug-likeness (QED) is 0.442. The third-order valence-corrected chi connectivity index (χ3v) is 5.49. The third-order valence-electron chi connectivity index (χ3n) is 4.32. The van der Waals surface area contributed by atoms with Crippen LogP contribution in [0.5, 0.6) is 0 Å². The van der Waals surface area contributed by atoms with Crippen molar-refractivity contribution in [2.45, 2.75) is 13.1 Å². The molecule has 0 aromatic heterocycles. The fourth-order valence-electron chi connectivity index (χ4n) is 2.66. The van der Waals surface area contributed by atoms with Crippen LogP contribution >= 0.6 is 46.4 Å². The van der Waals surface area contributed by atoms with Gasteiger partial charge in [0.2, 0.25) is 0 Å². The van der Waals surface area contributed by atoms with E-state index in [0.717, 1.165) is 11.1 Å². The molecule has 0 saturated carbocycles. The Morgan fingerprint density at radius 2 is 0.967 bits per heavy atom. The van der Waals surface area contributed by atoms with E-state index in [1.54, 1.807) is 60.7 Å². The summed E-state index contributed by atoms with van der Waals surface area (Å²) in [6.07, 6.45) is 0. The van der Waals surface area contributed by atoms with Gasteiger partial charge in [-0.05, 0) is 59.7 Å². The van der Waals surface area contributed by atoms with Crippen molar-refractivity contribution in [3.8, 4) is 0 Å². The summed E-state index contributed by atoms with van der Waals surface area (Å²) in [5, 5.41) is 7.60. The van der Waals surface area contributed by atoms with Crippen LogP contribution < -0.4 is 10.6 Å². The van der Waals surface area contributed by atoms with Crippen LogP contribution in [0.4, 0.5) is 0 Å². The van der Waals surface area contributed by atoms with Crippen LogP contribution in [0.1, 0.15) is 31.8 Å². The van der Waals surface area contributed by atoms with Crippen molar-refractivity contribution in [3.05, 3.63) is 103 Å². The highest BCUT2D eigenvalue weighted by molar-refractivity contribution is 6.35. The van der Waals surface area contributed by atoms with E-state index < -0.39 is 0 Å². The molecular formula is C22H16Cl4N2O2. The van der Waals surface area contributed by atoms with Crippen LogP contribution in [-0.4, -0.2) is 11.8 Å². The number of benzene rings is 3. The second-order valence-electron chi connectivity index (χ2n) is 6.41. The maximum atomic E-state index is 12.3. The number of hydrogen-bond donors (Lipinski definition) is 2. The molecule has 154 valence electrons. The van der Waals surface area contributed by atoms with Gasteiger partial charge in [-0.1, -0.05) is 58.5 Å². The molecule has 3 rings (SSSR count). The minimum absolute atomic E-state index is 0.263. The van der Waals surface area contributed by atoms with E-state index in [9.17, 15) is 9.59 Å². The van der Waals surface area contributed by atoms with Crippen LogP contribution in [0, 0.1) is 0 Å². The maximum absolute atomic E-state index is 12.3. The molecule has 4 nitrogen and oxygen atoms in total. The summed E-state index contributed by atoms with van der Waals surface area (Å²) in [5.41, 5.74) is 2.37. The van der Waals surface area contributed by atoms with Gasteiger partial charge in [-0.25, -0.2) is 0 Å². The summed E-state index contributed by atoms with van der Waals surface area (Å²) >= 11 is 24.0. The van der Waals surface area contributed by atoms with Gasteiger partial charge in [-0.3, -0.25) is 9.59 Å². The zero-order valence-electron chi connectivity index (χ0n) is 15.5. The molecule has 0 unspecified atom stereocenters. The molecule has 2 amide bonds. The summed E-state index contributed by atoms with van der Waals surface area (Å²) in [5.74, 6) is -0.554. The average Bonchev–Trinajstić information content (AvgIpc) is 2.72. The molecule has 3 aromatic carbocycles. The molecule has 0 aliphatic carbocycles. The Hall–Kier alpha value is -2.24. The summed E-state index contributed by atoms with van der Waals surface area (Å²) < 4.78 is 0. The Labute approximate surface area is 194 Å². The van der Waals surface area contributed by atoms with E-state index >= 15 is 0 Å². The minimum atomic E-state index is -0.277. The Balaban J connectivity index is 1.56. The fourth-order valence-corrected chi connectivity index (χ4v) is 3.61. The lowest BCUT2D eigenvalue weighted by molar-refractivity contribution is 0.0939. The molecule has 3 aromatic rings. The SMILES string of the molecule is O=C(NCc1ccc(Cl)cc1Cl)c1ccc(C(=O)NCc2ccc(Cl)cc2Cl)cc1. The monoisotopic (exact) mass is 480 g/mol. The van der Waals surface area contributed by atoms with Gasteiger partial charge in [-0.2, -0.15) is 0 Å². The van der Waals surface area contributed by atoms with E-state index in [1.165, 1.54) is 0 Å². The molecule has 0 aliphatic rings. The molecule has 8 heteroatoms. The summed E-state index contributed by atoms with van der Waals surface area (Å²) in [4.78, 5) is 24.7. The van der Waals surface area contributed by atoms with Gasteiger partial charge in [0.25, 0.3) is 11.8 Å². The first-order chi connectivity index (χ1) is 14.3. The molecule has 0 aliphatic heterocycles. The molecular weight excluding hydrogens is 466 g/mol. The summed E-state index contributed by atoms with van der Waals surface area (Å²) in [6, 6.07) is 16.5. The van der Waals surface area contributed by atoms with Gasteiger partial charge in [0, 0.05) is 44.3 Å². The molecule has 0 radical (unpaired) electrons. The van der Waals surface area contributed by atoms with E-state index in [2.05, 4.69) is 10.6 Å². The predicted octanol–water partition coefficient (Wildman–Crippen LogP) is 6.16. The molecule has 0 heterocycles. The van der Waals surface area contributed by atoms with Gasteiger partial charge >= 0.3 is 0 Å². The van der Waals surface area contributed by atoms with Crippen LogP contribution in [-0.2, 0) is 13.1 Å². The smallest absolute Gasteiger partial charge is 0.251 e. The standard InChI is InChI=1S/C22H16Cl4N2O2/c23-17-7-5-15(19(25)9-17)11-27-21(29)13-1-2-14(4-3-13)22(30)28-12-16-6-8-18(24)10-20(16)26/h1-10H,11-12H2,(H,27,29)(H,28,30). The molecule has 0 fully saturated rings. The summed E-state index contributed by atoms with van der Waals surface area (Å²) in [6.45, 7) is 0.526. The largest absolute Gasteiger partial charge is 0.348 e. The molecule has 0 spiro atoms. The van der Waals surface area contributed by atoms with Gasteiger partial charge in [0.05, 0.1) is 0 Å². The van der Waals surface area contributed by atoms with Crippen molar-refractivity contribution < 1.29 is 9.59 Å². The lowest BCUT2D eigenvalue weighted by Crippen LogP contribution is -2.24. The highest BCUT2D eigenvalue weighted by Crippen LogP contribution is 2.22. The average molecular weight is 482 g/mol. The van der Waals surface area contributed by atoms with E-state index in [1.807, 2.05) is 0 Å². The Bertz CT molecular complexity index is 998. The molecule has 30 heavy (non-hydrogen) atoms. The number of carbonyl (C=O) groups is 2. The second kappa shape index (κ2) is 10.2. The topological polar surface area (TPSA) is 58.2 Å². The Kier molecular flexibility index (Phi) is 7.62. The molecule has 0 bridgehead atoms. The lowest BCUT2D eigenvalue weighted by atomic mass is 10.1. The highest BCUT2D eigenvalue weighted by atomic mass is 35.5. The second-order valence-corrected chi connectivity index (χ2v) is 8.10. The number of nitrogens with one attached hydrogen (secondary N) is 2. The Morgan fingerprint density at radius 1 is 0.600 bits per heavy atom. The van der Waals surface area contributed by atoms with Crippen LogP contribution in [0.2, 0.25) is 20.1 Å². The van der Waals surface area contributed by atoms with E-state index in [4.69, 9.17) is 46.4 Å². The van der Waals surface area contributed by atoms with Crippen LogP contribution in [0.15, 0.2) is 60.7 Å².